The Bertz CT molecular complexity index is 1270. The molecule has 9 nitrogen and oxygen atoms in total. The maximum Gasteiger partial charge on any atom is 0.323 e. The first-order valence-electron chi connectivity index (χ1n) is 12.9. The van der Waals surface area contributed by atoms with Gasteiger partial charge in [-0.2, -0.15) is 0 Å². The summed E-state index contributed by atoms with van der Waals surface area (Å²) in [7, 11) is 2.02. The zero-order valence-corrected chi connectivity index (χ0v) is 22.3. The second kappa shape index (κ2) is 12.7. The molecule has 3 N–H and O–H groups in total. The van der Waals surface area contributed by atoms with E-state index < -0.39 is 17.9 Å². The number of pyridine rings is 1. The van der Waals surface area contributed by atoms with Gasteiger partial charge in [-0.05, 0) is 74.1 Å². The van der Waals surface area contributed by atoms with Crippen molar-refractivity contribution in [1.82, 2.24) is 14.8 Å². The Morgan fingerprint density at radius 3 is 2.51 bits per heavy atom. The molecule has 0 aliphatic carbocycles. The van der Waals surface area contributed by atoms with Gasteiger partial charge < -0.3 is 25.4 Å². The largest absolute Gasteiger partial charge is 0.488 e. The molecule has 0 saturated heterocycles. The summed E-state index contributed by atoms with van der Waals surface area (Å²) in [6.07, 6.45) is 3.29. The normalized spacial score (nSPS) is 18.0. The molecule has 1 aliphatic heterocycles. The Hall–Kier alpha value is -4.02. The van der Waals surface area contributed by atoms with E-state index in [1.165, 1.54) is 24.3 Å². The number of halogens is 1. The molecule has 0 bridgehead atoms. The molecule has 206 valence electrons. The zero-order valence-electron chi connectivity index (χ0n) is 22.3. The molecule has 39 heavy (non-hydrogen) atoms. The predicted molar refractivity (Wildman–Crippen MR) is 147 cm³/mol. The number of aromatic nitrogens is 1. The molecule has 0 unspecified atom stereocenters. The molecule has 3 amide bonds. The Morgan fingerprint density at radius 2 is 1.82 bits per heavy atom. The zero-order chi connectivity index (χ0) is 27.9. The second-order valence-corrected chi connectivity index (χ2v) is 9.97. The number of urea groups is 1. The number of carbonyl (C=O) groups is 2. The Morgan fingerprint density at radius 1 is 1.15 bits per heavy atom. The third-order valence-electron chi connectivity index (χ3n) is 6.72. The molecule has 0 saturated carbocycles. The van der Waals surface area contributed by atoms with Crippen LogP contribution in [-0.2, 0) is 6.54 Å². The van der Waals surface area contributed by atoms with Gasteiger partial charge in [0.05, 0.1) is 18.2 Å². The van der Waals surface area contributed by atoms with Gasteiger partial charge in [-0.3, -0.25) is 14.7 Å². The number of anilines is 2. The molecule has 3 atom stereocenters. The van der Waals surface area contributed by atoms with Gasteiger partial charge in [0.15, 0.2) is 0 Å². The summed E-state index contributed by atoms with van der Waals surface area (Å²) in [4.78, 5) is 34.1. The molecule has 1 aromatic heterocycles. The molecule has 4 rings (SSSR count). The van der Waals surface area contributed by atoms with E-state index in [-0.39, 0.29) is 24.5 Å². The van der Waals surface area contributed by atoms with Crippen molar-refractivity contribution in [3.63, 3.8) is 0 Å². The quantitative estimate of drug-likeness (QED) is 0.399. The SMILES string of the molecule is C[C@@H]1CN([C@H](C)CO)C(=O)c2cc(NC(=O)Nc3ccc(F)cc3)ccc2O[C@H]1CN(C)Cc1ccncc1. The third kappa shape index (κ3) is 7.30. The molecule has 3 aromatic rings. The summed E-state index contributed by atoms with van der Waals surface area (Å²) < 4.78 is 19.6. The van der Waals surface area contributed by atoms with Crippen molar-refractivity contribution in [3.8, 4) is 5.75 Å². The number of carbonyl (C=O) groups excluding carboxylic acids is 2. The van der Waals surface area contributed by atoms with Crippen LogP contribution in [0.5, 0.6) is 5.75 Å². The van der Waals surface area contributed by atoms with Gasteiger partial charge >= 0.3 is 6.03 Å². The van der Waals surface area contributed by atoms with E-state index in [1.54, 1.807) is 42.4 Å². The summed E-state index contributed by atoms with van der Waals surface area (Å²) in [6, 6.07) is 13.3. The van der Waals surface area contributed by atoms with Gasteiger partial charge in [-0.1, -0.05) is 6.92 Å². The van der Waals surface area contributed by atoms with Crippen molar-refractivity contribution >= 4 is 23.3 Å². The summed E-state index contributed by atoms with van der Waals surface area (Å²) >= 11 is 0. The van der Waals surface area contributed by atoms with E-state index in [0.29, 0.717) is 42.3 Å². The smallest absolute Gasteiger partial charge is 0.323 e. The minimum Gasteiger partial charge on any atom is -0.488 e. The van der Waals surface area contributed by atoms with Crippen molar-refractivity contribution in [2.24, 2.45) is 5.92 Å². The number of aliphatic hydroxyl groups is 1. The van der Waals surface area contributed by atoms with Crippen molar-refractivity contribution in [3.05, 3.63) is 83.9 Å². The van der Waals surface area contributed by atoms with E-state index in [1.807, 2.05) is 26.1 Å². The van der Waals surface area contributed by atoms with Crippen molar-refractivity contribution in [1.29, 1.82) is 0 Å². The lowest BCUT2D eigenvalue weighted by Gasteiger charge is -2.38. The Labute approximate surface area is 227 Å². The number of nitrogens with zero attached hydrogens (tertiary/aromatic N) is 3. The molecular formula is C29H34FN5O4. The van der Waals surface area contributed by atoms with Crippen molar-refractivity contribution in [2.45, 2.75) is 32.5 Å². The monoisotopic (exact) mass is 535 g/mol. The summed E-state index contributed by atoms with van der Waals surface area (Å²) in [6.45, 7) is 5.38. The summed E-state index contributed by atoms with van der Waals surface area (Å²) in [5, 5.41) is 15.2. The molecule has 10 heteroatoms. The molecule has 0 fully saturated rings. The average Bonchev–Trinajstić information content (AvgIpc) is 2.92. The van der Waals surface area contributed by atoms with E-state index in [9.17, 15) is 19.1 Å². The number of aliphatic hydroxyl groups excluding tert-OH is 1. The first-order chi connectivity index (χ1) is 18.7. The van der Waals surface area contributed by atoms with Crippen LogP contribution in [0, 0.1) is 11.7 Å². The number of ether oxygens (including phenoxy) is 1. The van der Waals surface area contributed by atoms with Crippen LogP contribution in [0.25, 0.3) is 0 Å². The highest BCUT2D eigenvalue weighted by molar-refractivity contribution is 6.02. The fourth-order valence-electron chi connectivity index (χ4n) is 4.52. The minimum atomic E-state index is -0.536. The van der Waals surface area contributed by atoms with Crippen LogP contribution in [0.4, 0.5) is 20.6 Å². The lowest BCUT2D eigenvalue weighted by molar-refractivity contribution is 0.0341. The first-order valence-corrected chi connectivity index (χ1v) is 12.9. The van der Waals surface area contributed by atoms with Gasteiger partial charge in [0.25, 0.3) is 5.91 Å². The summed E-state index contributed by atoms with van der Waals surface area (Å²) in [5.41, 5.74) is 2.24. The fourth-order valence-corrected chi connectivity index (χ4v) is 4.52. The van der Waals surface area contributed by atoms with Gasteiger partial charge in [0, 0.05) is 49.3 Å². The van der Waals surface area contributed by atoms with Gasteiger partial charge in [0.1, 0.15) is 17.7 Å². The highest BCUT2D eigenvalue weighted by Crippen LogP contribution is 2.31. The molecule has 1 aliphatic rings. The number of hydrogen-bond acceptors (Lipinski definition) is 6. The number of nitrogens with one attached hydrogen (secondary N) is 2. The average molecular weight is 536 g/mol. The highest BCUT2D eigenvalue weighted by Gasteiger charge is 2.33. The Balaban J connectivity index is 1.55. The second-order valence-electron chi connectivity index (χ2n) is 9.97. The minimum absolute atomic E-state index is 0.0183. The van der Waals surface area contributed by atoms with Crippen LogP contribution in [0.3, 0.4) is 0 Å². The van der Waals surface area contributed by atoms with Crippen LogP contribution in [-0.4, -0.2) is 70.7 Å². The molecule has 0 spiro atoms. The topological polar surface area (TPSA) is 107 Å². The van der Waals surface area contributed by atoms with Crippen LogP contribution in [0.2, 0.25) is 0 Å². The maximum absolute atomic E-state index is 13.6. The maximum atomic E-state index is 13.6. The van der Waals surface area contributed by atoms with E-state index >= 15 is 0 Å². The Kier molecular flexibility index (Phi) is 9.11. The lowest BCUT2D eigenvalue weighted by atomic mass is 9.99. The van der Waals surface area contributed by atoms with Crippen LogP contribution in [0.15, 0.2) is 67.0 Å². The van der Waals surface area contributed by atoms with Gasteiger partial charge in [0.2, 0.25) is 0 Å². The molecular weight excluding hydrogens is 501 g/mol. The molecule has 2 heterocycles. The number of amides is 3. The van der Waals surface area contributed by atoms with Crippen molar-refractivity contribution < 1.29 is 23.8 Å². The van der Waals surface area contributed by atoms with Gasteiger partial charge in [-0.15, -0.1) is 0 Å². The number of fused-ring (bicyclic) bond motifs is 1. The fraction of sp³-hybridized carbons (Fsp3) is 0.345. The predicted octanol–water partition coefficient (Wildman–Crippen LogP) is 4.22. The summed E-state index contributed by atoms with van der Waals surface area (Å²) in [5.74, 6) is -0.299. The van der Waals surface area contributed by atoms with Crippen LogP contribution < -0.4 is 15.4 Å². The number of rotatable bonds is 8. The standard InChI is InChI=1S/C29H34FN5O4/c1-19-15-35(20(2)18-36)28(37)25-14-24(33-29(38)32-23-6-4-22(30)5-7-23)8-9-26(25)39-27(19)17-34(3)16-21-10-12-31-13-11-21/h4-14,19-20,27,36H,15-18H2,1-3H3,(H2,32,33,38)/t19-,20-,27+/m1/s1. The van der Waals surface area contributed by atoms with E-state index in [0.717, 1.165) is 5.56 Å². The van der Waals surface area contributed by atoms with Crippen LogP contribution in [0.1, 0.15) is 29.8 Å². The number of benzene rings is 2. The number of hydrogen-bond donors (Lipinski definition) is 3. The third-order valence-corrected chi connectivity index (χ3v) is 6.72. The van der Waals surface area contributed by atoms with Gasteiger partial charge in [-0.25, -0.2) is 9.18 Å². The van der Waals surface area contributed by atoms with Crippen molar-refractivity contribution in [2.75, 3.05) is 37.4 Å². The number of likely N-dealkylation sites (N-methyl/N-ethyl adjacent to an activating group) is 1. The van der Waals surface area contributed by atoms with Crippen LogP contribution >= 0.6 is 0 Å². The lowest BCUT2D eigenvalue weighted by Crippen LogP contribution is -2.49. The van der Waals surface area contributed by atoms with E-state index in [2.05, 4.69) is 20.5 Å². The highest BCUT2D eigenvalue weighted by atomic mass is 19.1. The van der Waals surface area contributed by atoms with E-state index in [4.69, 9.17) is 4.74 Å². The molecule has 2 aromatic carbocycles. The first kappa shape index (κ1) is 28.0. The molecule has 0 radical (unpaired) electrons.